The molecular formula is C16H30N4O. The molecule has 0 bridgehead atoms. The van der Waals surface area contributed by atoms with Crippen LogP contribution in [0.25, 0.3) is 0 Å². The second-order valence-corrected chi connectivity index (χ2v) is 6.26. The van der Waals surface area contributed by atoms with Gasteiger partial charge in [-0.05, 0) is 24.7 Å². The van der Waals surface area contributed by atoms with Crippen LogP contribution in [0.15, 0.2) is 0 Å². The van der Waals surface area contributed by atoms with Crippen molar-refractivity contribution in [3.8, 4) is 5.88 Å². The molecule has 1 aromatic rings. The fraction of sp³-hybridized carbons (Fsp3) is 0.750. The number of aromatic nitrogens is 2. The van der Waals surface area contributed by atoms with Gasteiger partial charge in [0.1, 0.15) is 11.5 Å². The predicted octanol–water partition coefficient (Wildman–Crippen LogP) is 3.50. The van der Waals surface area contributed by atoms with Gasteiger partial charge in [0.15, 0.2) is 5.82 Å². The Labute approximate surface area is 128 Å². The van der Waals surface area contributed by atoms with Crippen molar-refractivity contribution in [3.05, 3.63) is 5.82 Å². The van der Waals surface area contributed by atoms with E-state index in [4.69, 9.17) is 10.5 Å². The molecule has 0 amide bonds. The van der Waals surface area contributed by atoms with Crippen molar-refractivity contribution < 1.29 is 4.74 Å². The first-order chi connectivity index (χ1) is 9.93. The zero-order valence-electron chi connectivity index (χ0n) is 14.1. The van der Waals surface area contributed by atoms with Gasteiger partial charge >= 0.3 is 0 Å². The normalized spacial score (nSPS) is 11.2. The lowest BCUT2D eigenvalue weighted by molar-refractivity contribution is 0.305. The second-order valence-electron chi connectivity index (χ2n) is 6.26. The molecule has 1 rings (SSSR count). The Bertz CT molecular complexity index is 433. The van der Waals surface area contributed by atoms with E-state index in [1.165, 1.54) is 0 Å². The van der Waals surface area contributed by atoms with Crippen LogP contribution in [0, 0.1) is 11.8 Å². The molecule has 0 spiro atoms. The van der Waals surface area contributed by atoms with Crippen molar-refractivity contribution >= 4 is 11.5 Å². The monoisotopic (exact) mass is 294 g/mol. The Hall–Kier alpha value is -1.52. The summed E-state index contributed by atoms with van der Waals surface area (Å²) in [5, 5.41) is 3.32. The standard InChI is InChI=1S/C16H30N4O/c1-6-9-21-16-14(17)15(18-8-7-11(2)3)19-13(20-16)10-12(4)5/h11-12H,6-10,17H2,1-5H3,(H,18,19,20). The van der Waals surface area contributed by atoms with Crippen molar-refractivity contribution in [1.29, 1.82) is 0 Å². The molecule has 1 heterocycles. The number of hydrogen-bond acceptors (Lipinski definition) is 5. The number of nitrogens with two attached hydrogens (primary N) is 1. The number of ether oxygens (including phenoxy) is 1. The van der Waals surface area contributed by atoms with Gasteiger partial charge in [-0.15, -0.1) is 0 Å². The van der Waals surface area contributed by atoms with Gasteiger partial charge in [0.2, 0.25) is 5.88 Å². The summed E-state index contributed by atoms with van der Waals surface area (Å²) < 4.78 is 5.66. The first-order valence-electron chi connectivity index (χ1n) is 7.97. The van der Waals surface area contributed by atoms with Crippen LogP contribution in [0.2, 0.25) is 0 Å². The smallest absolute Gasteiger partial charge is 0.242 e. The predicted molar refractivity (Wildman–Crippen MR) is 88.7 cm³/mol. The maximum Gasteiger partial charge on any atom is 0.242 e. The number of rotatable bonds is 9. The van der Waals surface area contributed by atoms with Crippen LogP contribution in [0.4, 0.5) is 11.5 Å². The largest absolute Gasteiger partial charge is 0.476 e. The summed E-state index contributed by atoms with van der Waals surface area (Å²) >= 11 is 0. The van der Waals surface area contributed by atoms with E-state index >= 15 is 0 Å². The zero-order valence-corrected chi connectivity index (χ0v) is 14.1. The highest BCUT2D eigenvalue weighted by atomic mass is 16.5. The topological polar surface area (TPSA) is 73.1 Å². The highest BCUT2D eigenvalue weighted by molar-refractivity contribution is 5.66. The minimum atomic E-state index is 0.496. The summed E-state index contributed by atoms with van der Waals surface area (Å²) in [5.41, 5.74) is 6.64. The fourth-order valence-corrected chi connectivity index (χ4v) is 1.87. The molecule has 0 saturated heterocycles. The van der Waals surface area contributed by atoms with E-state index in [9.17, 15) is 0 Å². The van der Waals surface area contributed by atoms with Crippen LogP contribution in [0.5, 0.6) is 5.88 Å². The van der Waals surface area contributed by atoms with Crippen LogP contribution in [-0.4, -0.2) is 23.1 Å². The molecule has 5 nitrogen and oxygen atoms in total. The minimum absolute atomic E-state index is 0.496. The molecule has 120 valence electrons. The average molecular weight is 294 g/mol. The summed E-state index contributed by atoms with van der Waals surface area (Å²) in [6.07, 6.45) is 2.83. The quantitative estimate of drug-likeness (QED) is 0.729. The Kier molecular flexibility index (Phi) is 7.26. The number of nitrogens with one attached hydrogen (secondary N) is 1. The van der Waals surface area contributed by atoms with Gasteiger partial charge in [-0.2, -0.15) is 4.98 Å². The van der Waals surface area contributed by atoms with Gasteiger partial charge in [0.05, 0.1) is 6.61 Å². The maximum atomic E-state index is 6.13. The Morgan fingerprint density at radius 3 is 2.43 bits per heavy atom. The Morgan fingerprint density at radius 1 is 1.14 bits per heavy atom. The molecule has 0 aliphatic carbocycles. The molecule has 21 heavy (non-hydrogen) atoms. The van der Waals surface area contributed by atoms with Crippen LogP contribution >= 0.6 is 0 Å². The van der Waals surface area contributed by atoms with Crippen molar-refractivity contribution in [2.24, 2.45) is 11.8 Å². The van der Waals surface area contributed by atoms with Gasteiger partial charge in [0.25, 0.3) is 0 Å². The summed E-state index contributed by atoms with van der Waals surface area (Å²) in [6.45, 7) is 12.2. The van der Waals surface area contributed by atoms with E-state index in [2.05, 4.69) is 49.9 Å². The molecule has 5 heteroatoms. The molecule has 0 atom stereocenters. The minimum Gasteiger partial charge on any atom is -0.476 e. The van der Waals surface area contributed by atoms with Crippen LogP contribution in [0.1, 0.15) is 53.3 Å². The fourth-order valence-electron chi connectivity index (χ4n) is 1.87. The molecule has 1 aromatic heterocycles. The van der Waals surface area contributed by atoms with Gasteiger partial charge in [-0.25, -0.2) is 4.98 Å². The number of hydrogen-bond donors (Lipinski definition) is 2. The van der Waals surface area contributed by atoms with Gasteiger partial charge < -0.3 is 15.8 Å². The maximum absolute atomic E-state index is 6.13. The molecule has 0 fully saturated rings. The van der Waals surface area contributed by atoms with E-state index in [1.807, 2.05) is 0 Å². The molecule has 3 N–H and O–H groups in total. The zero-order chi connectivity index (χ0) is 15.8. The molecule has 0 saturated carbocycles. The van der Waals surface area contributed by atoms with E-state index in [0.717, 1.165) is 31.6 Å². The summed E-state index contributed by atoms with van der Waals surface area (Å²) in [6, 6.07) is 0. The third-order valence-electron chi connectivity index (χ3n) is 3.00. The number of nitrogens with zero attached hydrogens (tertiary/aromatic N) is 2. The summed E-state index contributed by atoms with van der Waals surface area (Å²) in [5.74, 6) is 3.14. The third kappa shape index (κ3) is 6.19. The second kappa shape index (κ2) is 8.70. The lowest BCUT2D eigenvalue weighted by Crippen LogP contribution is -2.13. The number of nitrogen functional groups attached to an aromatic ring is 1. The van der Waals surface area contributed by atoms with Gasteiger partial charge in [0, 0.05) is 13.0 Å². The van der Waals surface area contributed by atoms with Crippen LogP contribution < -0.4 is 15.8 Å². The van der Waals surface area contributed by atoms with E-state index in [1.54, 1.807) is 0 Å². The Morgan fingerprint density at radius 2 is 1.86 bits per heavy atom. The van der Waals surface area contributed by atoms with Gasteiger partial charge in [-0.3, -0.25) is 0 Å². The lowest BCUT2D eigenvalue weighted by Gasteiger charge is -2.15. The van der Waals surface area contributed by atoms with Crippen molar-refractivity contribution in [2.75, 3.05) is 24.2 Å². The van der Waals surface area contributed by atoms with E-state index in [-0.39, 0.29) is 0 Å². The van der Waals surface area contributed by atoms with Crippen LogP contribution in [0.3, 0.4) is 0 Å². The molecular weight excluding hydrogens is 264 g/mol. The van der Waals surface area contributed by atoms with Crippen molar-refractivity contribution in [3.63, 3.8) is 0 Å². The number of anilines is 2. The highest BCUT2D eigenvalue weighted by Gasteiger charge is 2.14. The first-order valence-corrected chi connectivity index (χ1v) is 7.97. The first kappa shape index (κ1) is 17.5. The third-order valence-corrected chi connectivity index (χ3v) is 3.00. The van der Waals surface area contributed by atoms with Crippen molar-refractivity contribution in [1.82, 2.24) is 9.97 Å². The van der Waals surface area contributed by atoms with Crippen LogP contribution in [-0.2, 0) is 6.42 Å². The molecule has 0 aliphatic rings. The lowest BCUT2D eigenvalue weighted by atomic mass is 10.1. The molecule has 0 aromatic carbocycles. The van der Waals surface area contributed by atoms with Gasteiger partial charge in [-0.1, -0.05) is 34.6 Å². The Balaban J connectivity index is 2.91. The summed E-state index contributed by atoms with van der Waals surface area (Å²) in [4.78, 5) is 9.01. The molecule has 0 unspecified atom stereocenters. The molecule has 0 aliphatic heterocycles. The highest BCUT2D eigenvalue weighted by Crippen LogP contribution is 2.27. The van der Waals surface area contributed by atoms with E-state index < -0.39 is 0 Å². The SMILES string of the molecule is CCCOc1nc(CC(C)C)nc(NCCC(C)C)c1N. The van der Waals surface area contributed by atoms with E-state index in [0.29, 0.717) is 35.8 Å². The van der Waals surface area contributed by atoms with Crippen molar-refractivity contribution in [2.45, 2.75) is 53.9 Å². The molecule has 0 radical (unpaired) electrons. The summed E-state index contributed by atoms with van der Waals surface area (Å²) in [7, 11) is 0. The average Bonchev–Trinajstić information content (AvgIpc) is 2.39.